The van der Waals surface area contributed by atoms with Crippen LogP contribution in [0.5, 0.6) is 0 Å². The van der Waals surface area contributed by atoms with E-state index >= 15 is 0 Å². The van der Waals surface area contributed by atoms with Crippen molar-refractivity contribution in [3.8, 4) is 0 Å². The van der Waals surface area contributed by atoms with E-state index in [2.05, 4.69) is 15.5 Å². The number of carbonyl (C=O) groups excluding carboxylic acids is 3. The number of primary amides is 1. The number of hydrogen-bond acceptors (Lipinski definition) is 8. The molecule has 0 saturated carbocycles. The molecule has 34 heavy (non-hydrogen) atoms. The molecule has 0 aliphatic carbocycles. The van der Waals surface area contributed by atoms with Crippen LogP contribution in [0.4, 0.5) is 5.88 Å². The third-order valence-electron chi connectivity index (χ3n) is 5.20. The van der Waals surface area contributed by atoms with E-state index in [-0.39, 0.29) is 35.8 Å². The molecule has 0 saturated heterocycles. The Bertz CT molecular complexity index is 1420. The summed E-state index contributed by atoms with van der Waals surface area (Å²) in [6.07, 6.45) is 0.0933. The number of anilines is 1. The molecule has 0 aliphatic heterocycles. The Balaban J connectivity index is 1.48. The lowest BCUT2D eigenvalue weighted by atomic mass is 10.1. The normalized spacial score (nSPS) is 11.1. The highest BCUT2D eigenvalue weighted by Crippen LogP contribution is 2.29. The fraction of sp³-hybridized carbons (Fsp3) is 0.261. The number of benzene rings is 1. The second kappa shape index (κ2) is 9.56. The Hall–Kier alpha value is -3.86. The lowest BCUT2D eigenvalue weighted by molar-refractivity contribution is -0.115. The van der Waals surface area contributed by atoms with Crippen molar-refractivity contribution in [2.75, 3.05) is 17.7 Å². The average Bonchev–Trinajstić information content (AvgIpc) is 3.34. The fourth-order valence-corrected chi connectivity index (χ4v) is 4.60. The van der Waals surface area contributed by atoms with Crippen molar-refractivity contribution < 1.29 is 23.5 Å². The minimum atomic E-state index is -0.901. The van der Waals surface area contributed by atoms with Gasteiger partial charge in [-0.15, -0.1) is 10.2 Å². The van der Waals surface area contributed by atoms with E-state index in [0.29, 0.717) is 10.9 Å². The van der Waals surface area contributed by atoms with Crippen molar-refractivity contribution >= 4 is 52.0 Å². The summed E-state index contributed by atoms with van der Waals surface area (Å²) in [4.78, 5) is 36.7. The van der Waals surface area contributed by atoms with Gasteiger partial charge >= 0.3 is 5.97 Å². The summed E-state index contributed by atoms with van der Waals surface area (Å²) in [5.74, 6) is -1.69. The number of aryl methyl sites for hydroxylation is 2. The number of nitrogens with one attached hydrogen (secondary N) is 1. The van der Waals surface area contributed by atoms with E-state index in [9.17, 15) is 14.4 Å². The molecular weight excluding hydrogens is 458 g/mol. The average molecular weight is 482 g/mol. The van der Waals surface area contributed by atoms with E-state index in [1.54, 1.807) is 6.92 Å². The van der Waals surface area contributed by atoms with Gasteiger partial charge in [0.1, 0.15) is 16.9 Å². The van der Waals surface area contributed by atoms with E-state index in [1.807, 2.05) is 41.7 Å². The number of aromatic nitrogens is 3. The van der Waals surface area contributed by atoms with E-state index < -0.39 is 17.8 Å². The van der Waals surface area contributed by atoms with Gasteiger partial charge in [0, 0.05) is 17.6 Å². The van der Waals surface area contributed by atoms with E-state index in [4.69, 9.17) is 14.9 Å². The maximum Gasteiger partial charge on any atom is 0.342 e. The lowest BCUT2D eigenvalue weighted by Crippen LogP contribution is -2.20. The smallest absolute Gasteiger partial charge is 0.342 e. The largest absolute Gasteiger partial charge is 0.462 e. The third kappa shape index (κ3) is 4.34. The summed E-state index contributed by atoms with van der Waals surface area (Å²) in [6.45, 7) is 5.28. The second-order valence-corrected chi connectivity index (χ2v) is 8.55. The fourth-order valence-electron chi connectivity index (χ4n) is 3.71. The Labute approximate surface area is 198 Å². The highest BCUT2D eigenvalue weighted by Gasteiger charge is 2.29. The Morgan fingerprint density at radius 2 is 1.94 bits per heavy atom. The van der Waals surface area contributed by atoms with Crippen molar-refractivity contribution in [1.82, 2.24) is 14.6 Å². The van der Waals surface area contributed by atoms with E-state index in [0.717, 1.165) is 22.1 Å². The number of fused-ring (bicyclic) bond motifs is 3. The topological polar surface area (TPSA) is 142 Å². The molecule has 1 aromatic carbocycles. The molecule has 176 valence electrons. The highest BCUT2D eigenvalue weighted by molar-refractivity contribution is 7.99. The van der Waals surface area contributed by atoms with Crippen LogP contribution in [-0.2, 0) is 9.53 Å². The Morgan fingerprint density at radius 1 is 1.18 bits per heavy atom. The molecule has 0 radical (unpaired) electrons. The summed E-state index contributed by atoms with van der Waals surface area (Å²) in [5, 5.41) is 12.8. The molecule has 3 N–H and O–H groups in total. The molecule has 0 atom stereocenters. The van der Waals surface area contributed by atoms with E-state index in [1.165, 1.54) is 18.7 Å². The molecule has 4 aromatic rings. The van der Waals surface area contributed by atoms with Crippen LogP contribution in [0.2, 0.25) is 0 Å². The number of pyridine rings is 1. The maximum absolute atomic E-state index is 12.6. The van der Waals surface area contributed by atoms with Crippen LogP contribution in [0.1, 0.15) is 45.4 Å². The van der Waals surface area contributed by atoms with Gasteiger partial charge in [-0.3, -0.25) is 19.3 Å². The lowest BCUT2D eigenvalue weighted by Gasteiger charge is -2.07. The second-order valence-electron chi connectivity index (χ2n) is 7.49. The predicted octanol–water partition coefficient (Wildman–Crippen LogP) is 3.49. The summed E-state index contributed by atoms with van der Waals surface area (Å²) >= 11 is 1.38. The minimum Gasteiger partial charge on any atom is -0.462 e. The number of furan rings is 1. The molecule has 0 bridgehead atoms. The van der Waals surface area contributed by atoms with Crippen LogP contribution in [0, 0.1) is 13.8 Å². The molecule has 11 heteroatoms. The Morgan fingerprint density at radius 3 is 2.68 bits per heavy atom. The molecule has 0 spiro atoms. The van der Waals surface area contributed by atoms with Crippen molar-refractivity contribution in [3.05, 3.63) is 52.8 Å². The quantitative estimate of drug-likeness (QED) is 0.288. The number of hydrogen-bond donors (Lipinski definition) is 2. The monoisotopic (exact) mass is 481 g/mol. The van der Waals surface area contributed by atoms with Gasteiger partial charge in [0.15, 0.2) is 10.8 Å². The number of esters is 1. The first-order chi connectivity index (χ1) is 16.3. The molecule has 2 amide bonds. The Kier molecular flexibility index (Phi) is 6.55. The molecule has 0 aliphatic rings. The van der Waals surface area contributed by atoms with Crippen LogP contribution in [0.15, 0.2) is 39.9 Å². The summed E-state index contributed by atoms with van der Waals surface area (Å²) in [7, 11) is 0. The standard InChI is InChI=1S/C23H23N5O5S/c1-4-32-22(31)18-13(3)33-21(19(18)20(24)30)25-17(29)9-10-34-23-27-26-16-11-12(2)14-7-5-6-8-15(14)28(16)23/h5-8,11H,4,9-10H2,1-3H3,(H2,24,30)(H,25,29). The zero-order valence-corrected chi connectivity index (χ0v) is 19.7. The maximum atomic E-state index is 12.6. The van der Waals surface area contributed by atoms with Gasteiger partial charge in [0.25, 0.3) is 5.91 Å². The highest BCUT2D eigenvalue weighted by atomic mass is 32.2. The van der Waals surface area contributed by atoms with Crippen molar-refractivity contribution in [3.63, 3.8) is 0 Å². The first kappa shape index (κ1) is 23.3. The molecular formula is C23H23N5O5S. The first-order valence-electron chi connectivity index (χ1n) is 10.6. The molecule has 0 unspecified atom stereocenters. The number of amides is 2. The molecule has 4 rings (SSSR count). The molecule has 3 heterocycles. The number of thioether (sulfide) groups is 1. The van der Waals surface area contributed by atoms with Gasteiger partial charge in [-0.2, -0.15) is 0 Å². The SMILES string of the molecule is CCOC(=O)c1c(C)oc(NC(=O)CCSc2nnc3cc(C)c4ccccc4n23)c1C(N)=O. The van der Waals surface area contributed by atoms with Crippen LogP contribution in [0.3, 0.4) is 0 Å². The van der Waals surface area contributed by atoms with Crippen LogP contribution >= 0.6 is 11.8 Å². The number of carbonyl (C=O) groups is 3. The van der Waals surface area contributed by atoms with Crippen molar-refractivity contribution in [2.45, 2.75) is 32.3 Å². The van der Waals surface area contributed by atoms with Crippen molar-refractivity contribution in [1.29, 1.82) is 0 Å². The van der Waals surface area contributed by atoms with Gasteiger partial charge in [-0.25, -0.2) is 4.79 Å². The molecule has 3 aromatic heterocycles. The van der Waals surface area contributed by atoms with Crippen LogP contribution < -0.4 is 11.1 Å². The summed E-state index contributed by atoms with van der Waals surface area (Å²) in [5.41, 5.74) is 7.96. The van der Waals surface area contributed by atoms with Crippen molar-refractivity contribution in [2.24, 2.45) is 5.73 Å². The molecule has 0 fully saturated rings. The number of nitrogens with zero attached hydrogens (tertiary/aromatic N) is 3. The van der Waals surface area contributed by atoms with Crippen LogP contribution in [0.25, 0.3) is 16.6 Å². The first-order valence-corrected chi connectivity index (χ1v) is 11.6. The van der Waals surface area contributed by atoms with Gasteiger partial charge in [0.05, 0.1) is 12.1 Å². The number of rotatable bonds is 8. The minimum absolute atomic E-state index is 0.0869. The number of nitrogens with two attached hydrogens (primary N) is 1. The summed E-state index contributed by atoms with van der Waals surface area (Å²) < 4.78 is 12.4. The molecule has 10 nitrogen and oxygen atoms in total. The zero-order valence-electron chi connectivity index (χ0n) is 18.9. The van der Waals surface area contributed by atoms with Gasteiger partial charge < -0.3 is 14.9 Å². The van der Waals surface area contributed by atoms with Gasteiger partial charge in [0.2, 0.25) is 11.8 Å². The number of ether oxygens (including phenoxy) is 1. The predicted molar refractivity (Wildman–Crippen MR) is 127 cm³/mol. The van der Waals surface area contributed by atoms with Gasteiger partial charge in [-0.05, 0) is 38.5 Å². The zero-order chi connectivity index (χ0) is 24.4. The third-order valence-corrected chi connectivity index (χ3v) is 6.13. The van der Waals surface area contributed by atoms with Gasteiger partial charge in [-0.1, -0.05) is 30.0 Å². The van der Waals surface area contributed by atoms with Crippen LogP contribution in [-0.4, -0.2) is 44.7 Å². The summed E-state index contributed by atoms with van der Waals surface area (Å²) in [6, 6.07) is 9.94. The number of para-hydroxylation sites is 1.